The number of aromatic nitrogens is 3. The zero-order valence-electron chi connectivity index (χ0n) is 9.68. The number of carbonyl (C=O) groups excluding carboxylic acids is 1. The van der Waals surface area contributed by atoms with E-state index in [0.29, 0.717) is 17.6 Å². The number of rotatable bonds is 3. The van der Waals surface area contributed by atoms with Gasteiger partial charge in [0.15, 0.2) is 5.82 Å². The molecule has 1 fully saturated rings. The van der Waals surface area contributed by atoms with E-state index in [1.807, 2.05) is 10.8 Å². The van der Waals surface area contributed by atoms with Crippen LogP contribution in [-0.4, -0.2) is 20.6 Å². The summed E-state index contributed by atoms with van der Waals surface area (Å²) in [4.78, 5) is 16.1. The van der Waals surface area contributed by atoms with Crippen LogP contribution in [0.1, 0.15) is 35.2 Å². The summed E-state index contributed by atoms with van der Waals surface area (Å²) in [5.41, 5.74) is 0.597. The highest BCUT2D eigenvalue weighted by Crippen LogP contribution is 2.37. The van der Waals surface area contributed by atoms with Gasteiger partial charge in [-0.15, -0.1) is 0 Å². The molecule has 0 radical (unpaired) electrons. The van der Waals surface area contributed by atoms with E-state index in [1.54, 1.807) is 13.0 Å². The number of nitrogens with one attached hydrogen (secondary N) is 1. The lowest BCUT2D eigenvalue weighted by Crippen LogP contribution is -2.16. The van der Waals surface area contributed by atoms with Crippen molar-refractivity contribution < 1.29 is 9.32 Å². The second kappa shape index (κ2) is 4.24. The fraction of sp³-hybridized carbons (Fsp3) is 0.364. The first-order chi connectivity index (χ1) is 8.63. The molecular formula is C11H11BrN4O2. The van der Waals surface area contributed by atoms with Crippen molar-refractivity contribution in [2.45, 2.75) is 25.8 Å². The first-order valence-corrected chi connectivity index (χ1v) is 6.42. The van der Waals surface area contributed by atoms with Crippen LogP contribution in [0.25, 0.3) is 0 Å². The number of hydrogen-bond donors (Lipinski definition) is 1. The fourth-order valence-corrected chi connectivity index (χ4v) is 2.23. The molecule has 1 aliphatic carbocycles. The van der Waals surface area contributed by atoms with Crippen molar-refractivity contribution in [1.82, 2.24) is 14.7 Å². The van der Waals surface area contributed by atoms with Gasteiger partial charge in [0.1, 0.15) is 5.69 Å². The molecule has 1 amide bonds. The van der Waals surface area contributed by atoms with Crippen LogP contribution in [-0.2, 0) is 0 Å². The Morgan fingerprint density at radius 1 is 1.61 bits per heavy atom. The van der Waals surface area contributed by atoms with E-state index in [9.17, 15) is 4.79 Å². The molecule has 2 aromatic heterocycles. The lowest BCUT2D eigenvalue weighted by atomic mass is 10.4. The molecule has 7 heteroatoms. The largest absolute Gasteiger partial charge is 0.339 e. The second-order valence-electron chi connectivity index (χ2n) is 4.28. The van der Waals surface area contributed by atoms with Gasteiger partial charge in [0.05, 0.1) is 0 Å². The average Bonchev–Trinajstić information content (AvgIpc) is 2.98. The molecule has 94 valence electrons. The number of hydrogen-bond acceptors (Lipinski definition) is 4. The van der Waals surface area contributed by atoms with Crippen molar-refractivity contribution >= 4 is 27.9 Å². The van der Waals surface area contributed by atoms with E-state index < -0.39 is 0 Å². The molecule has 0 spiro atoms. The SMILES string of the molecule is Cc1noc(NC(=O)c2cc(Br)cn2C2CC2)n1. The van der Waals surface area contributed by atoms with Gasteiger partial charge in [-0.2, -0.15) is 4.98 Å². The summed E-state index contributed by atoms with van der Waals surface area (Å²) in [6.45, 7) is 1.70. The zero-order valence-corrected chi connectivity index (χ0v) is 11.3. The number of carbonyl (C=O) groups is 1. The number of nitrogens with zero attached hydrogens (tertiary/aromatic N) is 3. The van der Waals surface area contributed by atoms with Crippen molar-refractivity contribution in [2.75, 3.05) is 5.32 Å². The van der Waals surface area contributed by atoms with E-state index >= 15 is 0 Å². The summed E-state index contributed by atoms with van der Waals surface area (Å²) < 4.78 is 7.73. The van der Waals surface area contributed by atoms with E-state index in [-0.39, 0.29) is 11.9 Å². The van der Waals surface area contributed by atoms with Crippen molar-refractivity contribution in [3.63, 3.8) is 0 Å². The van der Waals surface area contributed by atoms with Crippen molar-refractivity contribution in [1.29, 1.82) is 0 Å². The minimum Gasteiger partial charge on any atom is -0.339 e. The smallest absolute Gasteiger partial charge is 0.328 e. The number of halogens is 1. The fourth-order valence-electron chi connectivity index (χ4n) is 1.79. The van der Waals surface area contributed by atoms with Gasteiger partial charge in [-0.1, -0.05) is 5.16 Å². The molecule has 1 saturated carbocycles. The van der Waals surface area contributed by atoms with Gasteiger partial charge in [-0.3, -0.25) is 10.1 Å². The van der Waals surface area contributed by atoms with Gasteiger partial charge in [-0.25, -0.2) is 0 Å². The van der Waals surface area contributed by atoms with Crippen LogP contribution in [0.4, 0.5) is 6.01 Å². The Bertz CT molecular complexity index is 600. The van der Waals surface area contributed by atoms with E-state index in [4.69, 9.17) is 4.52 Å². The molecule has 18 heavy (non-hydrogen) atoms. The van der Waals surface area contributed by atoms with E-state index in [2.05, 4.69) is 31.4 Å². The molecule has 2 aromatic rings. The molecule has 0 bridgehead atoms. The summed E-state index contributed by atoms with van der Waals surface area (Å²) >= 11 is 3.38. The molecule has 0 saturated heterocycles. The third-order valence-electron chi connectivity index (χ3n) is 2.74. The topological polar surface area (TPSA) is 73.0 Å². The summed E-state index contributed by atoms with van der Waals surface area (Å²) in [6.07, 6.45) is 4.15. The lowest BCUT2D eigenvalue weighted by Gasteiger charge is -2.05. The molecule has 0 unspecified atom stereocenters. The maximum atomic E-state index is 12.1. The first-order valence-electron chi connectivity index (χ1n) is 5.62. The summed E-state index contributed by atoms with van der Waals surface area (Å²) in [5.74, 6) is 0.250. The number of aryl methyl sites for hydroxylation is 1. The van der Waals surface area contributed by atoms with Gasteiger partial charge in [0, 0.05) is 16.7 Å². The second-order valence-corrected chi connectivity index (χ2v) is 5.20. The van der Waals surface area contributed by atoms with Crippen molar-refractivity contribution in [3.05, 3.63) is 28.3 Å². The van der Waals surface area contributed by atoms with Gasteiger partial charge in [-0.05, 0) is 41.8 Å². The molecule has 2 heterocycles. The lowest BCUT2D eigenvalue weighted by molar-refractivity contribution is 0.101. The molecule has 1 aliphatic rings. The van der Waals surface area contributed by atoms with E-state index in [0.717, 1.165) is 17.3 Å². The van der Waals surface area contributed by atoms with Crippen molar-refractivity contribution in [2.24, 2.45) is 0 Å². The highest BCUT2D eigenvalue weighted by atomic mass is 79.9. The minimum absolute atomic E-state index is 0.122. The van der Waals surface area contributed by atoms with Crippen LogP contribution in [0.3, 0.4) is 0 Å². The highest BCUT2D eigenvalue weighted by Gasteiger charge is 2.28. The highest BCUT2D eigenvalue weighted by molar-refractivity contribution is 9.10. The molecule has 0 atom stereocenters. The Labute approximate surface area is 111 Å². The minimum atomic E-state index is -0.240. The molecule has 3 rings (SSSR count). The van der Waals surface area contributed by atoms with Crippen LogP contribution in [0.2, 0.25) is 0 Å². The molecule has 6 nitrogen and oxygen atoms in total. The predicted octanol–water partition coefficient (Wildman–Crippen LogP) is 2.53. The molecular weight excluding hydrogens is 300 g/mol. The van der Waals surface area contributed by atoms with Crippen LogP contribution in [0.15, 0.2) is 21.3 Å². The Morgan fingerprint density at radius 2 is 2.39 bits per heavy atom. The Balaban J connectivity index is 1.83. The van der Waals surface area contributed by atoms with Gasteiger partial charge in [0.2, 0.25) is 0 Å². The third-order valence-corrected chi connectivity index (χ3v) is 3.17. The maximum absolute atomic E-state index is 12.1. The quantitative estimate of drug-likeness (QED) is 0.945. The van der Waals surface area contributed by atoms with Crippen LogP contribution >= 0.6 is 15.9 Å². The summed E-state index contributed by atoms with van der Waals surface area (Å²) in [5, 5.41) is 6.22. The average molecular weight is 311 g/mol. The monoisotopic (exact) mass is 310 g/mol. The zero-order chi connectivity index (χ0) is 12.7. The standard InChI is InChI=1S/C11H11BrN4O2/c1-6-13-11(18-15-6)14-10(17)9-4-7(12)5-16(9)8-2-3-8/h4-5,8H,2-3H2,1H3,(H,13,14,15,17). The molecule has 0 aromatic carbocycles. The van der Waals surface area contributed by atoms with Crippen molar-refractivity contribution in [3.8, 4) is 0 Å². The maximum Gasteiger partial charge on any atom is 0.328 e. The third kappa shape index (κ3) is 2.17. The van der Waals surface area contributed by atoms with Crippen LogP contribution in [0, 0.1) is 6.92 Å². The first kappa shape index (κ1) is 11.5. The van der Waals surface area contributed by atoms with Gasteiger partial charge in [0.25, 0.3) is 5.91 Å². The van der Waals surface area contributed by atoms with Crippen LogP contribution in [0.5, 0.6) is 0 Å². The normalized spacial score (nSPS) is 14.8. The molecule has 1 N–H and O–H groups in total. The van der Waals surface area contributed by atoms with Gasteiger partial charge >= 0.3 is 6.01 Å². The van der Waals surface area contributed by atoms with E-state index in [1.165, 1.54) is 0 Å². The number of amides is 1. The molecule has 0 aliphatic heterocycles. The Kier molecular flexibility index (Phi) is 2.70. The summed E-state index contributed by atoms with van der Waals surface area (Å²) in [6, 6.07) is 2.34. The Hall–Kier alpha value is -1.63. The van der Waals surface area contributed by atoms with Crippen LogP contribution < -0.4 is 5.32 Å². The van der Waals surface area contributed by atoms with Gasteiger partial charge < -0.3 is 9.09 Å². The predicted molar refractivity (Wildman–Crippen MR) is 67.4 cm³/mol. The Morgan fingerprint density at radius 3 is 3.00 bits per heavy atom. The summed E-state index contributed by atoms with van der Waals surface area (Å²) in [7, 11) is 0. The number of anilines is 1.